The lowest BCUT2D eigenvalue weighted by Crippen LogP contribution is -2.23. The molecule has 0 amide bonds. The van der Waals surface area contributed by atoms with Crippen molar-refractivity contribution in [2.75, 3.05) is 10.7 Å². The van der Waals surface area contributed by atoms with Crippen molar-refractivity contribution in [1.29, 1.82) is 0 Å². The van der Waals surface area contributed by atoms with E-state index in [0.29, 0.717) is 0 Å². The number of hydrogen-bond donors (Lipinski definition) is 0. The molecule has 1 unspecified atom stereocenters. The second kappa shape index (κ2) is 5.88. The third kappa shape index (κ3) is 3.35. The SMILES string of the molecule is CCC(C)(CBr)c1ccc(C(C)(C)CBr)cc1. The minimum absolute atomic E-state index is 0.204. The Bertz CT molecular complexity index is 348. The van der Waals surface area contributed by atoms with Gasteiger partial charge in [-0.25, -0.2) is 0 Å². The van der Waals surface area contributed by atoms with Gasteiger partial charge >= 0.3 is 0 Å². The molecule has 1 aromatic carbocycles. The van der Waals surface area contributed by atoms with Gasteiger partial charge in [0.05, 0.1) is 0 Å². The molecule has 2 heteroatoms. The number of benzene rings is 1. The molecule has 0 fully saturated rings. The molecule has 0 aliphatic rings. The maximum absolute atomic E-state index is 3.63. The van der Waals surface area contributed by atoms with Crippen LogP contribution in [0, 0.1) is 0 Å². The smallest absolute Gasteiger partial charge is 0.0126 e. The summed E-state index contributed by atoms with van der Waals surface area (Å²) in [4.78, 5) is 0. The van der Waals surface area contributed by atoms with E-state index in [0.717, 1.165) is 17.1 Å². The normalized spacial score (nSPS) is 15.6. The first-order valence-electron chi connectivity index (χ1n) is 6.12. The molecule has 0 aliphatic heterocycles. The summed E-state index contributed by atoms with van der Waals surface area (Å²) < 4.78 is 0. The van der Waals surface area contributed by atoms with Crippen molar-refractivity contribution in [3.63, 3.8) is 0 Å². The minimum atomic E-state index is 0.204. The fraction of sp³-hybridized carbons (Fsp3) is 0.600. The molecule has 0 N–H and O–H groups in total. The zero-order valence-corrected chi connectivity index (χ0v) is 14.4. The van der Waals surface area contributed by atoms with Crippen molar-refractivity contribution >= 4 is 31.9 Å². The Hall–Kier alpha value is 0.180. The highest BCUT2D eigenvalue weighted by atomic mass is 79.9. The summed E-state index contributed by atoms with van der Waals surface area (Å²) in [6.45, 7) is 9.09. The molecule has 0 nitrogen and oxygen atoms in total. The Morgan fingerprint density at radius 1 is 0.882 bits per heavy atom. The van der Waals surface area contributed by atoms with Crippen LogP contribution < -0.4 is 0 Å². The molecule has 0 bridgehead atoms. The molecule has 1 rings (SSSR count). The van der Waals surface area contributed by atoms with Crippen LogP contribution in [0.4, 0.5) is 0 Å². The number of alkyl halides is 2. The van der Waals surface area contributed by atoms with Gasteiger partial charge in [-0.3, -0.25) is 0 Å². The molecule has 0 aliphatic carbocycles. The Morgan fingerprint density at radius 2 is 1.35 bits per heavy atom. The third-order valence-corrected chi connectivity index (χ3v) is 6.41. The Labute approximate surface area is 122 Å². The summed E-state index contributed by atoms with van der Waals surface area (Å²) in [6, 6.07) is 9.11. The van der Waals surface area contributed by atoms with Gasteiger partial charge in [-0.1, -0.05) is 83.8 Å². The minimum Gasteiger partial charge on any atom is -0.0919 e. The van der Waals surface area contributed by atoms with Gasteiger partial charge in [-0.2, -0.15) is 0 Å². The second-order valence-electron chi connectivity index (χ2n) is 5.64. The van der Waals surface area contributed by atoms with Crippen molar-refractivity contribution < 1.29 is 0 Å². The fourth-order valence-electron chi connectivity index (χ4n) is 1.78. The van der Waals surface area contributed by atoms with Crippen molar-refractivity contribution in [3.05, 3.63) is 35.4 Å². The van der Waals surface area contributed by atoms with Gasteiger partial charge in [-0.15, -0.1) is 0 Å². The average Bonchev–Trinajstić information content (AvgIpc) is 2.38. The largest absolute Gasteiger partial charge is 0.0919 e. The van der Waals surface area contributed by atoms with Crippen LogP contribution in [0.15, 0.2) is 24.3 Å². The molecule has 0 saturated heterocycles. The average molecular weight is 362 g/mol. The van der Waals surface area contributed by atoms with Gasteiger partial charge in [0, 0.05) is 16.1 Å². The van der Waals surface area contributed by atoms with E-state index in [1.165, 1.54) is 11.1 Å². The highest BCUT2D eigenvalue weighted by Gasteiger charge is 2.24. The van der Waals surface area contributed by atoms with Crippen LogP contribution in [0.2, 0.25) is 0 Å². The molecule has 96 valence electrons. The Kier molecular flexibility index (Phi) is 5.27. The van der Waals surface area contributed by atoms with Crippen LogP contribution in [-0.4, -0.2) is 10.7 Å². The fourth-order valence-corrected chi connectivity index (χ4v) is 2.82. The highest BCUT2D eigenvalue weighted by molar-refractivity contribution is 9.09. The summed E-state index contributed by atoms with van der Waals surface area (Å²) in [5.74, 6) is 0. The van der Waals surface area contributed by atoms with E-state index in [2.05, 4.69) is 83.8 Å². The molecule has 0 spiro atoms. The van der Waals surface area contributed by atoms with Crippen LogP contribution >= 0.6 is 31.9 Å². The molecule has 1 aromatic rings. The Morgan fingerprint density at radius 3 is 1.71 bits per heavy atom. The van der Waals surface area contributed by atoms with Crippen LogP contribution in [0.3, 0.4) is 0 Å². The molecular weight excluding hydrogens is 340 g/mol. The molecule has 0 aromatic heterocycles. The maximum atomic E-state index is 3.63. The third-order valence-electron chi connectivity index (χ3n) is 3.77. The molecule has 0 radical (unpaired) electrons. The first-order chi connectivity index (χ1) is 7.89. The van der Waals surface area contributed by atoms with E-state index < -0.39 is 0 Å². The first-order valence-corrected chi connectivity index (χ1v) is 8.37. The summed E-state index contributed by atoms with van der Waals surface area (Å²) in [5.41, 5.74) is 3.27. The topological polar surface area (TPSA) is 0 Å². The van der Waals surface area contributed by atoms with Gasteiger partial charge in [0.2, 0.25) is 0 Å². The summed E-state index contributed by atoms with van der Waals surface area (Å²) in [7, 11) is 0. The van der Waals surface area contributed by atoms with E-state index >= 15 is 0 Å². The van der Waals surface area contributed by atoms with Crippen LogP contribution in [0.1, 0.15) is 45.2 Å². The Balaban J connectivity index is 3.03. The monoisotopic (exact) mass is 360 g/mol. The maximum Gasteiger partial charge on any atom is 0.0126 e. The molecule has 1 atom stereocenters. The zero-order valence-electron chi connectivity index (χ0n) is 11.2. The van der Waals surface area contributed by atoms with Crippen LogP contribution in [0.5, 0.6) is 0 Å². The van der Waals surface area contributed by atoms with Gasteiger partial charge < -0.3 is 0 Å². The van der Waals surface area contributed by atoms with E-state index in [9.17, 15) is 0 Å². The van der Waals surface area contributed by atoms with E-state index in [1.54, 1.807) is 0 Å². The highest BCUT2D eigenvalue weighted by Crippen LogP contribution is 2.32. The van der Waals surface area contributed by atoms with Crippen LogP contribution in [-0.2, 0) is 10.8 Å². The second-order valence-corrected chi connectivity index (χ2v) is 6.76. The lowest BCUT2D eigenvalue weighted by molar-refractivity contribution is 0.518. The van der Waals surface area contributed by atoms with Crippen molar-refractivity contribution in [1.82, 2.24) is 0 Å². The van der Waals surface area contributed by atoms with Crippen molar-refractivity contribution in [3.8, 4) is 0 Å². The van der Waals surface area contributed by atoms with Gasteiger partial charge in [0.25, 0.3) is 0 Å². The summed E-state index contributed by atoms with van der Waals surface area (Å²) in [6.07, 6.45) is 1.15. The first kappa shape index (κ1) is 15.2. The predicted octanol–water partition coefficient (Wildman–Crippen LogP) is 5.42. The molecular formula is C15H22Br2. The van der Waals surface area contributed by atoms with Gasteiger partial charge in [0.15, 0.2) is 0 Å². The number of rotatable bonds is 5. The summed E-state index contributed by atoms with van der Waals surface area (Å²) >= 11 is 7.22. The quantitative estimate of drug-likeness (QED) is 0.614. The van der Waals surface area contributed by atoms with Gasteiger partial charge in [0.1, 0.15) is 0 Å². The predicted molar refractivity (Wildman–Crippen MR) is 84.7 cm³/mol. The van der Waals surface area contributed by atoms with Gasteiger partial charge in [-0.05, 0) is 23.0 Å². The van der Waals surface area contributed by atoms with Crippen molar-refractivity contribution in [2.24, 2.45) is 0 Å². The van der Waals surface area contributed by atoms with Crippen molar-refractivity contribution in [2.45, 2.75) is 44.9 Å². The van der Waals surface area contributed by atoms with E-state index in [4.69, 9.17) is 0 Å². The van der Waals surface area contributed by atoms with Crippen LogP contribution in [0.25, 0.3) is 0 Å². The molecule has 0 heterocycles. The van der Waals surface area contributed by atoms with E-state index in [-0.39, 0.29) is 10.8 Å². The lowest BCUT2D eigenvalue weighted by Gasteiger charge is -2.28. The van der Waals surface area contributed by atoms with E-state index in [1.807, 2.05) is 0 Å². The number of hydrogen-bond acceptors (Lipinski definition) is 0. The lowest BCUT2D eigenvalue weighted by atomic mass is 9.79. The summed E-state index contributed by atoms with van der Waals surface area (Å²) in [5, 5.41) is 2.00. The molecule has 0 saturated carbocycles. The standard InChI is InChI=1S/C15H22Br2/c1-5-15(4,11-17)13-8-6-12(7-9-13)14(2,3)10-16/h6-9H,5,10-11H2,1-4H3. The zero-order chi connectivity index (χ0) is 13.1. The number of halogens is 2. The molecule has 17 heavy (non-hydrogen) atoms.